The molecular weight excluding hydrogens is 326 g/mol. The molecule has 136 valence electrons. The van der Waals surface area contributed by atoms with Crippen molar-refractivity contribution in [2.45, 2.75) is 26.4 Å². The minimum absolute atomic E-state index is 0.0575. The van der Waals surface area contributed by atoms with Crippen molar-refractivity contribution in [2.24, 2.45) is 5.41 Å². The van der Waals surface area contributed by atoms with E-state index in [1.807, 2.05) is 0 Å². The van der Waals surface area contributed by atoms with E-state index in [4.69, 9.17) is 9.47 Å². The van der Waals surface area contributed by atoms with Gasteiger partial charge in [-0.2, -0.15) is 0 Å². The number of carboxylic acid groups (broad SMARTS) is 1. The summed E-state index contributed by atoms with van der Waals surface area (Å²) in [4.78, 5) is 37.1. The number of ether oxygens (including phenoxy) is 2. The Balaban J connectivity index is 2.04. The Morgan fingerprint density at radius 1 is 1.36 bits per heavy atom. The summed E-state index contributed by atoms with van der Waals surface area (Å²) in [6, 6.07) is 6.62. The summed E-state index contributed by atoms with van der Waals surface area (Å²) >= 11 is 0. The molecule has 1 aromatic rings. The zero-order valence-corrected chi connectivity index (χ0v) is 14.7. The van der Waals surface area contributed by atoms with Crippen LogP contribution < -0.4 is 4.74 Å². The van der Waals surface area contributed by atoms with Gasteiger partial charge in [0.2, 0.25) is 0 Å². The van der Waals surface area contributed by atoms with E-state index >= 15 is 0 Å². The molecule has 7 heteroatoms. The van der Waals surface area contributed by atoms with Crippen LogP contribution in [0, 0.1) is 5.41 Å². The van der Waals surface area contributed by atoms with Gasteiger partial charge in [-0.05, 0) is 32.4 Å². The highest BCUT2D eigenvalue weighted by Gasteiger charge is 2.47. The molecule has 25 heavy (non-hydrogen) atoms. The van der Waals surface area contributed by atoms with E-state index in [1.165, 1.54) is 18.9 Å². The van der Waals surface area contributed by atoms with Crippen molar-refractivity contribution in [1.29, 1.82) is 0 Å². The minimum Gasteiger partial charge on any atom is -0.481 e. The smallest absolute Gasteiger partial charge is 0.313 e. The van der Waals surface area contributed by atoms with E-state index in [0.29, 0.717) is 24.3 Å². The Kier molecular flexibility index (Phi) is 5.79. The van der Waals surface area contributed by atoms with Crippen LogP contribution in [0.1, 0.15) is 30.6 Å². The van der Waals surface area contributed by atoms with Crippen LogP contribution in [0.25, 0.3) is 0 Å². The first-order valence-corrected chi connectivity index (χ1v) is 8.08. The van der Waals surface area contributed by atoms with Gasteiger partial charge in [-0.1, -0.05) is 12.1 Å². The predicted octanol–water partition coefficient (Wildman–Crippen LogP) is 1.61. The zero-order valence-electron chi connectivity index (χ0n) is 14.7. The maximum atomic E-state index is 12.6. The van der Waals surface area contributed by atoms with Crippen molar-refractivity contribution in [1.82, 2.24) is 4.90 Å². The van der Waals surface area contributed by atoms with Gasteiger partial charge in [-0.3, -0.25) is 14.4 Å². The summed E-state index contributed by atoms with van der Waals surface area (Å²) in [6.45, 7) is 3.56. The molecule has 0 radical (unpaired) electrons. The summed E-state index contributed by atoms with van der Waals surface area (Å²) in [6.07, 6.45) is -0.441. The van der Waals surface area contributed by atoms with Gasteiger partial charge in [0.15, 0.2) is 11.9 Å². The molecule has 0 saturated carbocycles. The Labute approximate surface area is 146 Å². The molecule has 1 aliphatic rings. The van der Waals surface area contributed by atoms with E-state index < -0.39 is 17.5 Å². The predicted molar refractivity (Wildman–Crippen MR) is 89.7 cm³/mol. The van der Waals surface area contributed by atoms with E-state index in [0.717, 1.165) is 0 Å². The number of amides is 1. The minimum atomic E-state index is -1.07. The van der Waals surface area contributed by atoms with Crippen molar-refractivity contribution >= 4 is 17.7 Å². The van der Waals surface area contributed by atoms with Crippen LogP contribution in [0.5, 0.6) is 5.75 Å². The topological polar surface area (TPSA) is 93.1 Å². The van der Waals surface area contributed by atoms with Crippen LogP contribution in [0.2, 0.25) is 0 Å². The highest BCUT2D eigenvalue weighted by atomic mass is 16.5. The van der Waals surface area contributed by atoms with Crippen molar-refractivity contribution < 1.29 is 29.0 Å². The average molecular weight is 349 g/mol. The third-order valence-electron chi connectivity index (χ3n) is 4.44. The molecule has 0 aromatic heterocycles. The summed E-state index contributed by atoms with van der Waals surface area (Å²) in [7, 11) is 1.45. The molecule has 1 heterocycles. The van der Waals surface area contributed by atoms with Gasteiger partial charge in [0, 0.05) is 25.8 Å². The molecular formula is C18H23NO6. The number of rotatable bonds is 7. The Morgan fingerprint density at radius 2 is 2.08 bits per heavy atom. The van der Waals surface area contributed by atoms with Gasteiger partial charge in [-0.15, -0.1) is 0 Å². The lowest BCUT2D eigenvalue weighted by atomic mass is 9.88. The molecule has 1 N–H and O–H groups in total. The molecule has 2 rings (SSSR count). The molecule has 2 unspecified atom stereocenters. The molecule has 2 atom stereocenters. The fourth-order valence-corrected chi connectivity index (χ4v) is 2.99. The highest BCUT2D eigenvalue weighted by Crippen LogP contribution is 2.32. The van der Waals surface area contributed by atoms with Gasteiger partial charge in [0.1, 0.15) is 11.2 Å². The number of methoxy groups -OCH3 is 1. The fourth-order valence-electron chi connectivity index (χ4n) is 2.99. The first-order chi connectivity index (χ1) is 11.8. The quantitative estimate of drug-likeness (QED) is 0.752. The second kappa shape index (κ2) is 7.65. The van der Waals surface area contributed by atoms with Crippen molar-refractivity contribution in [2.75, 3.05) is 26.8 Å². The fraction of sp³-hybridized carbons (Fsp3) is 0.500. The molecule has 1 aliphatic heterocycles. The molecule has 1 aromatic carbocycles. The van der Waals surface area contributed by atoms with E-state index in [9.17, 15) is 19.5 Å². The Hall–Kier alpha value is -2.41. The molecule has 0 bridgehead atoms. The Bertz CT molecular complexity index is 673. The van der Waals surface area contributed by atoms with Gasteiger partial charge in [0.25, 0.3) is 5.91 Å². The number of benzene rings is 1. The lowest BCUT2D eigenvalue weighted by Crippen LogP contribution is -2.43. The number of Topliss-reactive ketones (excluding diaryl/α,β-unsaturated/α-hetero) is 1. The summed E-state index contributed by atoms with van der Waals surface area (Å²) in [5, 5.41) is 9.47. The number of hydrogen-bond donors (Lipinski definition) is 1. The van der Waals surface area contributed by atoms with Gasteiger partial charge in [0.05, 0.1) is 6.61 Å². The van der Waals surface area contributed by atoms with Crippen LogP contribution >= 0.6 is 0 Å². The molecule has 1 amide bonds. The van der Waals surface area contributed by atoms with Crippen LogP contribution in [-0.4, -0.2) is 60.6 Å². The highest BCUT2D eigenvalue weighted by molar-refractivity contribution is 5.94. The first-order valence-electron chi connectivity index (χ1n) is 8.08. The van der Waals surface area contributed by atoms with Crippen LogP contribution in [0.15, 0.2) is 24.3 Å². The number of carboxylic acids is 1. The van der Waals surface area contributed by atoms with Crippen LogP contribution in [0.3, 0.4) is 0 Å². The molecule has 1 saturated heterocycles. The first kappa shape index (κ1) is 18.9. The average Bonchev–Trinajstić information content (AvgIpc) is 3.00. The third-order valence-corrected chi connectivity index (χ3v) is 4.44. The maximum Gasteiger partial charge on any atom is 0.313 e. The molecule has 1 fully saturated rings. The standard InChI is InChI=1S/C18H23NO6/c1-12(20)14-5-4-6-15(9-14)25-13(2)16(21)19-8-7-18(10-19,11-24-3)17(22)23/h4-6,9,13H,7-8,10-11H2,1-3H3,(H,22,23). The number of carbonyl (C=O) groups excluding carboxylic acids is 2. The SMILES string of the molecule is COCC1(C(=O)O)CCN(C(=O)C(C)Oc2cccc(C(C)=O)c2)C1. The largest absolute Gasteiger partial charge is 0.481 e. The van der Waals surface area contributed by atoms with E-state index in [2.05, 4.69) is 0 Å². The maximum absolute atomic E-state index is 12.6. The van der Waals surface area contributed by atoms with Crippen LogP contribution in [0.4, 0.5) is 0 Å². The van der Waals surface area contributed by atoms with Gasteiger partial charge >= 0.3 is 5.97 Å². The monoisotopic (exact) mass is 349 g/mol. The third kappa shape index (κ3) is 4.17. The summed E-state index contributed by atoms with van der Waals surface area (Å²) in [5.41, 5.74) is -0.568. The summed E-state index contributed by atoms with van der Waals surface area (Å²) < 4.78 is 10.7. The number of ketones is 1. The molecule has 0 aliphatic carbocycles. The van der Waals surface area contributed by atoms with E-state index in [-0.39, 0.29) is 24.8 Å². The van der Waals surface area contributed by atoms with Crippen LogP contribution in [-0.2, 0) is 14.3 Å². The number of likely N-dealkylation sites (tertiary alicyclic amines) is 1. The number of nitrogens with zero attached hydrogens (tertiary/aromatic N) is 1. The summed E-state index contributed by atoms with van der Waals surface area (Å²) in [5.74, 6) is -0.913. The van der Waals surface area contributed by atoms with Crippen molar-refractivity contribution in [3.8, 4) is 5.75 Å². The number of hydrogen-bond acceptors (Lipinski definition) is 5. The van der Waals surface area contributed by atoms with Crippen molar-refractivity contribution in [3.05, 3.63) is 29.8 Å². The number of carbonyl (C=O) groups is 3. The Morgan fingerprint density at radius 3 is 2.68 bits per heavy atom. The number of aliphatic carboxylic acids is 1. The van der Waals surface area contributed by atoms with Crippen molar-refractivity contribution in [3.63, 3.8) is 0 Å². The lowest BCUT2D eigenvalue weighted by molar-refractivity contribution is -0.152. The normalized spacial score (nSPS) is 21.0. The molecule has 0 spiro atoms. The van der Waals surface area contributed by atoms with Gasteiger partial charge in [-0.25, -0.2) is 0 Å². The van der Waals surface area contributed by atoms with Gasteiger partial charge < -0.3 is 19.5 Å². The lowest BCUT2D eigenvalue weighted by Gasteiger charge is -2.25. The molecule has 7 nitrogen and oxygen atoms in total. The van der Waals surface area contributed by atoms with E-state index in [1.54, 1.807) is 31.2 Å². The zero-order chi connectivity index (χ0) is 18.6. The second-order valence-corrected chi connectivity index (χ2v) is 6.37. The second-order valence-electron chi connectivity index (χ2n) is 6.37.